The highest BCUT2D eigenvalue weighted by Crippen LogP contribution is 1.74. The molecule has 1 heterocycles. The van der Waals surface area contributed by atoms with Gasteiger partial charge in [-0.1, -0.05) is 0 Å². The molecule has 15 heavy (non-hydrogen) atoms. The lowest BCUT2D eigenvalue weighted by Gasteiger charge is -2.15. The van der Waals surface area contributed by atoms with E-state index < -0.39 is 0 Å². The van der Waals surface area contributed by atoms with Crippen molar-refractivity contribution in [3.05, 3.63) is 16.9 Å². The Balaban J connectivity index is 3.82. The summed E-state index contributed by atoms with van der Waals surface area (Å²) in [5.74, 6) is 0. The van der Waals surface area contributed by atoms with Gasteiger partial charge in [-0.2, -0.15) is 0 Å². The Hall–Kier alpha value is -1.59. The van der Waals surface area contributed by atoms with Crippen molar-refractivity contribution in [3.63, 3.8) is 0 Å². The maximum Gasteiger partial charge on any atom is 0.207 e. The first-order chi connectivity index (χ1) is 7.08. The van der Waals surface area contributed by atoms with Gasteiger partial charge in [0.2, 0.25) is 16.9 Å². The topological polar surface area (TPSA) is 86.3 Å². The van der Waals surface area contributed by atoms with E-state index in [0.29, 0.717) is 19.6 Å². The van der Waals surface area contributed by atoms with E-state index in [9.17, 15) is 0 Å². The predicted molar refractivity (Wildman–Crippen MR) is 55.0 cm³/mol. The molecule has 0 unspecified atom stereocenters. The number of aromatic nitrogens is 3. The van der Waals surface area contributed by atoms with Crippen molar-refractivity contribution in [2.75, 3.05) is 0 Å². The first-order valence-corrected chi connectivity index (χ1v) is 5.16. The summed E-state index contributed by atoms with van der Waals surface area (Å²) in [6.45, 7) is 7.45. The fraction of sp³-hybridized carbons (Fsp3) is 0.667. The molecule has 1 aromatic heterocycles. The summed E-state index contributed by atoms with van der Waals surface area (Å²) in [6.07, 6.45) is 0. The van der Waals surface area contributed by atoms with Crippen molar-refractivity contribution in [2.45, 2.75) is 40.4 Å². The lowest BCUT2D eigenvalue weighted by Crippen LogP contribution is -2.54. The van der Waals surface area contributed by atoms with Crippen molar-refractivity contribution in [3.8, 4) is 0 Å². The number of hydrogen-bond donors (Lipinski definition) is 3. The van der Waals surface area contributed by atoms with Gasteiger partial charge in [-0.3, -0.25) is 29.9 Å². The van der Waals surface area contributed by atoms with Gasteiger partial charge >= 0.3 is 0 Å². The van der Waals surface area contributed by atoms with Crippen molar-refractivity contribution in [1.82, 2.24) is 13.7 Å². The molecule has 0 aromatic carbocycles. The smallest absolute Gasteiger partial charge is 0.207 e. The molecule has 0 aliphatic heterocycles. The highest BCUT2D eigenvalue weighted by molar-refractivity contribution is 4.70. The highest BCUT2D eigenvalue weighted by atomic mass is 15.3. The highest BCUT2D eigenvalue weighted by Gasteiger charge is 2.04. The Morgan fingerprint density at radius 1 is 0.667 bits per heavy atom. The van der Waals surface area contributed by atoms with E-state index in [1.165, 1.54) is 0 Å². The van der Waals surface area contributed by atoms with Gasteiger partial charge in [0.05, 0.1) is 0 Å². The number of nitrogens with one attached hydrogen (secondary N) is 3. The fourth-order valence-electron chi connectivity index (χ4n) is 1.64. The summed E-state index contributed by atoms with van der Waals surface area (Å²) in [7, 11) is 0. The fourth-order valence-corrected chi connectivity index (χ4v) is 1.64. The molecular weight excluding hydrogens is 192 g/mol. The third kappa shape index (κ3) is 1.67. The molecule has 0 radical (unpaired) electrons. The first-order valence-electron chi connectivity index (χ1n) is 5.16. The van der Waals surface area contributed by atoms with Crippen LogP contribution < -0.4 is 16.9 Å². The SMILES string of the molecule is CCn1c(=N)n(CC)c(=N)n(CC)c1=N. The van der Waals surface area contributed by atoms with E-state index >= 15 is 0 Å². The summed E-state index contributed by atoms with van der Waals surface area (Å²) < 4.78 is 4.77. The average Bonchev–Trinajstić information content (AvgIpc) is 2.19. The Labute approximate surface area is 88.0 Å². The molecule has 1 rings (SSSR count). The van der Waals surface area contributed by atoms with E-state index in [0.717, 1.165) is 0 Å². The quantitative estimate of drug-likeness (QED) is 0.606. The van der Waals surface area contributed by atoms with Crippen LogP contribution in [-0.4, -0.2) is 13.7 Å². The molecule has 0 aliphatic rings. The van der Waals surface area contributed by atoms with E-state index in [2.05, 4.69) is 0 Å². The molecule has 0 bridgehead atoms. The molecule has 0 fully saturated rings. The molecule has 0 saturated heterocycles. The second kappa shape index (κ2) is 4.29. The second-order valence-electron chi connectivity index (χ2n) is 3.20. The predicted octanol–water partition coefficient (Wildman–Crippen LogP) is -0.411. The average molecular weight is 210 g/mol. The minimum Gasteiger partial charge on any atom is -0.283 e. The lowest BCUT2D eigenvalue weighted by molar-refractivity contribution is 0.428. The molecular formula is C9H18N6. The molecule has 6 nitrogen and oxygen atoms in total. The van der Waals surface area contributed by atoms with Crippen LogP contribution in [0.1, 0.15) is 20.8 Å². The molecule has 0 spiro atoms. The third-order valence-corrected chi connectivity index (χ3v) is 2.48. The van der Waals surface area contributed by atoms with Crippen molar-refractivity contribution < 1.29 is 0 Å². The van der Waals surface area contributed by atoms with E-state index in [1.54, 1.807) is 13.7 Å². The van der Waals surface area contributed by atoms with Gasteiger partial charge in [0.1, 0.15) is 0 Å². The maximum absolute atomic E-state index is 7.87. The molecule has 84 valence electrons. The maximum atomic E-state index is 7.87. The van der Waals surface area contributed by atoms with Crippen LogP contribution in [0.25, 0.3) is 0 Å². The minimum atomic E-state index is 0.222. The van der Waals surface area contributed by atoms with Crippen LogP contribution in [0, 0.1) is 16.2 Å². The molecule has 0 aliphatic carbocycles. The first kappa shape index (κ1) is 11.5. The van der Waals surface area contributed by atoms with Gasteiger partial charge in [-0.15, -0.1) is 0 Å². The zero-order valence-electron chi connectivity index (χ0n) is 9.46. The molecule has 1 aromatic rings. The van der Waals surface area contributed by atoms with Gasteiger partial charge in [0.25, 0.3) is 0 Å². The van der Waals surface area contributed by atoms with Crippen LogP contribution in [-0.2, 0) is 19.6 Å². The summed E-state index contributed by atoms with van der Waals surface area (Å²) in [6, 6.07) is 0. The summed E-state index contributed by atoms with van der Waals surface area (Å²) >= 11 is 0. The normalized spacial score (nSPS) is 10.6. The number of hydrogen-bond acceptors (Lipinski definition) is 3. The Morgan fingerprint density at radius 3 is 1.00 bits per heavy atom. The number of rotatable bonds is 3. The Bertz CT molecular complexity index is 408. The van der Waals surface area contributed by atoms with Crippen LogP contribution in [0.2, 0.25) is 0 Å². The van der Waals surface area contributed by atoms with Gasteiger partial charge in [-0.05, 0) is 20.8 Å². The largest absolute Gasteiger partial charge is 0.283 e. The van der Waals surface area contributed by atoms with Crippen molar-refractivity contribution >= 4 is 0 Å². The lowest BCUT2D eigenvalue weighted by atomic mass is 10.6. The summed E-state index contributed by atoms with van der Waals surface area (Å²) in [5.41, 5.74) is 0.666. The monoisotopic (exact) mass is 210 g/mol. The Kier molecular flexibility index (Phi) is 3.28. The van der Waals surface area contributed by atoms with E-state index in [4.69, 9.17) is 16.2 Å². The standard InChI is InChI=1S/C9H18N6/c1-4-13-7(10)14(5-2)9(12)15(6-3)8(13)11/h10-12H,4-6H2,1-3H3. The minimum absolute atomic E-state index is 0.222. The number of nitrogens with zero attached hydrogens (tertiary/aromatic N) is 3. The van der Waals surface area contributed by atoms with E-state index in [-0.39, 0.29) is 16.9 Å². The van der Waals surface area contributed by atoms with Gasteiger partial charge in [0.15, 0.2) is 0 Å². The molecule has 0 atom stereocenters. The molecule has 0 amide bonds. The van der Waals surface area contributed by atoms with Crippen LogP contribution in [0.4, 0.5) is 0 Å². The van der Waals surface area contributed by atoms with Crippen LogP contribution in [0.3, 0.4) is 0 Å². The third-order valence-electron chi connectivity index (χ3n) is 2.48. The van der Waals surface area contributed by atoms with E-state index in [1.807, 2.05) is 20.8 Å². The van der Waals surface area contributed by atoms with Gasteiger partial charge in [0, 0.05) is 19.6 Å². The van der Waals surface area contributed by atoms with Gasteiger partial charge in [-0.25, -0.2) is 0 Å². The molecule has 6 heteroatoms. The Morgan fingerprint density at radius 2 is 0.867 bits per heavy atom. The van der Waals surface area contributed by atoms with Crippen molar-refractivity contribution in [1.29, 1.82) is 16.2 Å². The summed E-state index contributed by atoms with van der Waals surface area (Å²) in [4.78, 5) is 0. The second-order valence-corrected chi connectivity index (χ2v) is 3.20. The molecule has 3 N–H and O–H groups in total. The van der Waals surface area contributed by atoms with Gasteiger partial charge < -0.3 is 0 Å². The zero-order chi connectivity index (χ0) is 11.6. The van der Waals surface area contributed by atoms with Crippen molar-refractivity contribution in [2.24, 2.45) is 0 Å². The zero-order valence-corrected chi connectivity index (χ0v) is 9.46. The molecule has 0 saturated carbocycles. The van der Waals surface area contributed by atoms with Crippen LogP contribution in [0.15, 0.2) is 0 Å². The van der Waals surface area contributed by atoms with Crippen LogP contribution in [0.5, 0.6) is 0 Å². The summed E-state index contributed by atoms with van der Waals surface area (Å²) in [5, 5.41) is 23.6. The van der Waals surface area contributed by atoms with Crippen LogP contribution >= 0.6 is 0 Å².